The monoisotopic (exact) mass is 274 g/mol. The second-order valence-corrected chi connectivity index (χ2v) is 5.04. The number of benzene rings is 1. The molecule has 3 N–H and O–H groups in total. The van der Waals surface area contributed by atoms with Gasteiger partial charge >= 0.3 is 6.18 Å². The highest BCUT2D eigenvalue weighted by molar-refractivity contribution is 7.80. The largest absolute Gasteiger partial charge is 0.411 e. The van der Waals surface area contributed by atoms with E-state index in [1.165, 1.54) is 0 Å². The SMILES string of the molecule is Cc1cc(NC2(C(F)(F)F)CC2)ccc1C(N)=S. The molecule has 0 atom stereocenters. The van der Waals surface area contributed by atoms with E-state index in [1.54, 1.807) is 25.1 Å². The molecule has 1 aromatic rings. The predicted octanol–water partition coefficient (Wildman–Crippen LogP) is 3.14. The van der Waals surface area contributed by atoms with Crippen LogP contribution in [0.4, 0.5) is 18.9 Å². The van der Waals surface area contributed by atoms with Crippen molar-refractivity contribution in [2.45, 2.75) is 31.5 Å². The summed E-state index contributed by atoms with van der Waals surface area (Å²) in [4.78, 5) is 0.246. The van der Waals surface area contributed by atoms with Crippen LogP contribution < -0.4 is 11.1 Å². The van der Waals surface area contributed by atoms with E-state index >= 15 is 0 Å². The van der Waals surface area contributed by atoms with Gasteiger partial charge in [-0.1, -0.05) is 12.2 Å². The third kappa shape index (κ3) is 2.29. The summed E-state index contributed by atoms with van der Waals surface area (Å²) in [7, 11) is 0. The average molecular weight is 274 g/mol. The van der Waals surface area contributed by atoms with Gasteiger partial charge in [0.2, 0.25) is 0 Å². The fraction of sp³-hybridized carbons (Fsp3) is 0.417. The van der Waals surface area contributed by atoms with E-state index in [0.29, 0.717) is 11.3 Å². The lowest BCUT2D eigenvalue weighted by Crippen LogP contribution is -2.38. The minimum Gasteiger partial charge on any atom is -0.389 e. The minimum atomic E-state index is -4.22. The maximum atomic E-state index is 12.8. The summed E-state index contributed by atoms with van der Waals surface area (Å²) in [5, 5.41) is 2.57. The first kappa shape index (κ1) is 13.1. The van der Waals surface area contributed by atoms with E-state index in [-0.39, 0.29) is 17.8 Å². The minimum absolute atomic E-state index is 0.118. The Labute approximate surface area is 108 Å². The van der Waals surface area contributed by atoms with Gasteiger partial charge in [0.15, 0.2) is 0 Å². The van der Waals surface area contributed by atoms with Crippen LogP contribution in [0.5, 0.6) is 0 Å². The molecule has 0 radical (unpaired) electrons. The van der Waals surface area contributed by atoms with Crippen LogP contribution in [0.25, 0.3) is 0 Å². The van der Waals surface area contributed by atoms with Crippen LogP contribution in [0.2, 0.25) is 0 Å². The molecule has 1 aromatic carbocycles. The summed E-state index contributed by atoms with van der Waals surface area (Å²) in [5.41, 5.74) is 5.66. The highest BCUT2D eigenvalue weighted by atomic mass is 32.1. The van der Waals surface area contributed by atoms with Crippen LogP contribution in [0.1, 0.15) is 24.0 Å². The average Bonchev–Trinajstić information content (AvgIpc) is 2.97. The molecule has 1 aliphatic rings. The number of thiocarbonyl (C=S) groups is 1. The number of hydrogen-bond acceptors (Lipinski definition) is 2. The van der Waals surface area contributed by atoms with Crippen LogP contribution in [-0.4, -0.2) is 16.7 Å². The van der Waals surface area contributed by atoms with Gasteiger partial charge in [-0.2, -0.15) is 13.2 Å². The zero-order chi connectivity index (χ0) is 13.6. The normalized spacial score (nSPS) is 17.3. The molecule has 2 rings (SSSR count). The second-order valence-electron chi connectivity index (χ2n) is 4.60. The standard InChI is InChI=1S/C12H13F3N2S/c1-7-6-8(2-3-9(7)10(16)18)17-11(4-5-11)12(13,14)15/h2-3,6,17H,4-5H2,1H3,(H2,16,18). The highest BCUT2D eigenvalue weighted by Crippen LogP contribution is 2.51. The fourth-order valence-corrected chi connectivity index (χ4v) is 2.13. The Morgan fingerprint density at radius 1 is 1.39 bits per heavy atom. The molecule has 18 heavy (non-hydrogen) atoms. The molecule has 6 heteroatoms. The van der Waals surface area contributed by atoms with Gasteiger partial charge in [-0.3, -0.25) is 0 Å². The Hall–Kier alpha value is -1.30. The van der Waals surface area contributed by atoms with Crippen molar-refractivity contribution in [3.05, 3.63) is 29.3 Å². The van der Waals surface area contributed by atoms with Gasteiger partial charge < -0.3 is 11.1 Å². The highest BCUT2D eigenvalue weighted by Gasteiger charge is 2.63. The van der Waals surface area contributed by atoms with E-state index in [0.717, 1.165) is 5.56 Å². The Kier molecular flexibility index (Phi) is 3.01. The van der Waals surface area contributed by atoms with Gasteiger partial charge in [-0.25, -0.2) is 0 Å². The Balaban J connectivity index is 2.22. The lowest BCUT2D eigenvalue weighted by atomic mass is 10.1. The van der Waals surface area contributed by atoms with E-state index in [9.17, 15) is 13.2 Å². The van der Waals surface area contributed by atoms with E-state index in [4.69, 9.17) is 18.0 Å². The van der Waals surface area contributed by atoms with E-state index in [2.05, 4.69) is 5.32 Å². The van der Waals surface area contributed by atoms with Crippen LogP contribution >= 0.6 is 12.2 Å². The first-order valence-electron chi connectivity index (χ1n) is 5.50. The second kappa shape index (κ2) is 4.12. The number of rotatable bonds is 3. The lowest BCUT2D eigenvalue weighted by Gasteiger charge is -2.22. The maximum Gasteiger partial charge on any atom is 0.411 e. The molecule has 0 spiro atoms. The molecule has 0 heterocycles. The molecule has 0 amide bonds. The Morgan fingerprint density at radius 2 is 2.00 bits per heavy atom. The molecule has 1 saturated carbocycles. The molecular formula is C12H13F3N2S. The molecular weight excluding hydrogens is 261 g/mol. The Morgan fingerprint density at radius 3 is 2.39 bits per heavy atom. The molecule has 0 saturated heterocycles. The van der Waals surface area contributed by atoms with Crippen molar-refractivity contribution in [3.8, 4) is 0 Å². The maximum absolute atomic E-state index is 12.8. The molecule has 0 aliphatic heterocycles. The number of aryl methyl sites for hydroxylation is 1. The zero-order valence-electron chi connectivity index (χ0n) is 9.77. The molecule has 0 aromatic heterocycles. The van der Waals surface area contributed by atoms with Crippen LogP contribution in [0.15, 0.2) is 18.2 Å². The van der Waals surface area contributed by atoms with Gasteiger partial charge in [0, 0.05) is 11.3 Å². The van der Waals surface area contributed by atoms with Crippen molar-refractivity contribution >= 4 is 22.9 Å². The third-order valence-corrected chi connectivity index (χ3v) is 3.39. The number of alkyl halides is 3. The topological polar surface area (TPSA) is 38.0 Å². The summed E-state index contributed by atoms with van der Waals surface area (Å²) in [6, 6.07) is 4.86. The number of nitrogens with one attached hydrogen (secondary N) is 1. The number of nitrogens with two attached hydrogens (primary N) is 1. The summed E-state index contributed by atoms with van der Waals surface area (Å²) >= 11 is 4.85. The van der Waals surface area contributed by atoms with Crippen molar-refractivity contribution < 1.29 is 13.2 Å². The fourth-order valence-electron chi connectivity index (χ4n) is 1.90. The quantitative estimate of drug-likeness (QED) is 0.832. The van der Waals surface area contributed by atoms with Gasteiger partial charge in [-0.05, 0) is 43.5 Å². The van der Waals surface area contributed by atoms with Gasteiger partial charge in [0.1, 0.15) is 10.5 Å². The molecule has 1 aliphatic carbocycles. The number of anilines is 1. The summed E-state index contributed by atoms with van der Waals surface area (Å²) < 4.78 is 38.4. The van der Waals surface area contributed by atoms with Crippen LogP contribution in [0, 0.1) is 6.92 Å². The molecule has 0 bridgehead atoms. The smallest absolute Gasteiger partial charge is 0.389 e. The molecule has 1 fully saturated rings. The van der Waals surface area contributed by atoms with Gasteiger partial charge in [0.25, 0.3) is 0 Å². The van der Waals surface area contributed by atoms with E-state index < -0.39 is 11.7 Å². The number of halogens is 3. The summed E-state index contributed by atoms with van der Waals surface area (Å²) in [5.74, 6) is 0. The first-order chi connectivity index (χ1) is 8.25. The summed E-state index contributed by atoms with van der Waals surface area (Å²) in [6.45, 7) is 1.77. The molecule has 98 valence electrons. The number of hydrogen-bond donors (Lipinski definition) is 2. The third-order valence-electron chi connectivity index (χ3n) is 3.17. The van der Waals surface area contributed by atoms with Crippen molar-refractivity contribution in [2.75, 3.05) is 5.32 Å². The molecule has 2 nitrogen and oxygen atoms in total. The zero-order valence-corrected chi connectivity index (χ0v) is 10.6. The van der Waals surface area contributed by atoms with E-state index in [1.807, 2.05) is 0 Å². The first-order valence-corrected chi connectivity index (χ1v) is 5.91. The van der Waals surface area contributed by atoms with Crippen molar-refractivity contribution in [2.24, 2.45) is 5.73 Å². The van der Waals surface area contributed by atoms with Crippen molar-refractivity contribution in [3.63, 3.8) is 0 Å². The van der Waals surface area contributed by atoms with Crippen molar-refractivity contribution in [1.29, 1.82) is 0 Å². The van der Waals surface area contributed by atoms with Crippen molar-refractivity contribution in [1.82, 2.24) is 0 Å². The Bertz CT molecular complexity index is 493. The van der Waals surface area contributed by atoms with Crippen LogP contribution in [0.3, 0.4) is 0 Å². The summed E-state index contributed by atoms with van der Waals surface area (Å²) in [6.07, 6.45) is -3.98. The lowest BCUT2D eigenvalue weighted by molar-refractivity contribution is -0.151. The van der Waals surface area contributed by atoms with Gasteiger partial charge in [0.05, 0.1) is 0 Å². The van der Waals surface area contributed by atoms with Crippen LogP contribution in [-0.2, 0) is 0 Å². The predicted molar refractivity (Wildman–Crippen MR) is 68.7 cm³/mol. The molecule has 0 unspecified atom stereocenters. The van der Waals surface area contributed by atoms with Gasteiger partial charge in [-0.15, -0.1) is 0 Å².